The highest BCUT2D eigenvalue weighted by Gasteiger charge is 2.40. The molecule has 2 aliphatic rings. The van der Waals surface area contributed by atoms with Crippen molar-refractivity contribution in [3.05, 3.63) is 51.2 Å². The predicted octanol–water partition coefficient (Wildman–Crippen LogP) is 1.68. The number of amides is 1. The number of aromatic amines is 1. The second-order valence-electron chi connectivity index (χ2n) is 6.99. The average Bonchev–Trinajstić information content (AvgIpc) is 3.37. The van der Waals surface area contributed by atoms with Crippen LogP contribution in [-0.2, 0) is 24.1 Å². The summed E-state index contributed by atoms with van der Waals surface area (Å²) in [4.78, 5) is 27.2. The van der Waals surface area contributed by atoms with Crippen LogP contribution in [0.3, 0.4) is 0 Å². The molecule has 0 saturated carbocycles. The Bertz CT molecular complexity index is 885. The highest BCUT2D eigenvalue weighted by Crippen LogP contribution is 2.35. The summed E-state index contributed by atoms with van der Waals surface area (Å²) in [6.07, 6.45) is 3.67. The number of ether oxygens (including phenoxy) is 1. The lowest BCUT2D eigenvalue weighted by Crippen LogP contribution is -2.34. The number of nitrogens with zero attached hydrogens (tertiary/aromatic N) is 3. The zero-order valence-corrected chi connectivity index (χ0v) is 15.2. The van der Waals surface area contributed by atoms with Gasteiger partial charge < -0.3 is 9.64 Å². The molecule has 1 aromatic carbocycles. The van der Waals surface area contributed by atoms with E-state index in [1.165, 1.54) is 11.1 Å². The molecule has 7 heteroatoms. The lowest BCUT2D eigenvalue weighted by molar-refractivity contribution is 0.0681. The van der Waals surface area contributed by atoms with E-state index >= 15 is 0 Å². The van der Waals surface area contributed by atoms with E-state index in [4.69, 9.17) is 4.74 Å². The first kappa shape index (κ1) is 17.0. The Balaban J connectivity index is 1.72. The molecule has 4 rings (SSSR count). The quantitative estimate of drug-likeness (QED) is 0.904. The fourth-order valence-corrected chi connectivity index (χ4v) is 4.30. The number of hydrogen-bond donors (Lipinski definition) is 1. The molecule has 0 unspecified atom stereocenters. The van der Waals surface area contributed by atoms with Crippen LogP contribution in [0, 0.1) is 0 Å². The van der Waals surface area contributed by atoms with E-state index in [0.29, 0.717) is 25.3 Å². The van der Waals surface area contributed by atoms with Crippen LogP contribution in [0.4, 0.5) is 0 Å². The van der Waals surface area contributed by atoms with Gasteiger partial charge in [-0.15, -0.1) is 0 Å². The standard InChI is InChI=1S/C19H24N4O3/c1-3-22-17(20-21-19(22)25)16-10-13(26-2)11-23(16)18(24)15-9-5-7-12-6-4-8-14(12)15/h5,7,9,13,16H,3-4,6,8,10-11H2,1-2H3,(H,21,25)/t13-,16-/m0/s1. The normalized spacial score (nSPS) is 22.0. The summed E-state index contributed by atoms with van der Waals surface area (Å²) in [5, 5.41) is 6.73. The molecule has 0 spiro atoms. The maximum atomic E-state index is 13.4. The smallest absolute Gasteiger partial charge is 0.343 e. The van der Waals surface area contributed by atoms with Gasteiger partial charge in [-0.05, 0) is 43.4 Å². The third kappa shape index (κ3) is 2.67. The molecule has 7 nitrogen and oxygen atoms in total. The predicted molar refractivity (Wildman–Crippen MR) is 96.2 cm³/mol. The van der Waals surface area contributed by atoms with Gasteiger partial charge in [-0.2, -0.15) is 5.10 Å². The van der Waals surface area contributed by atoms with Crippen LogP contribution in [0.1, 0.15) is 53.1 Å². The Morgan fingerprint density at radius 1 is 1.38 bits per heavy atom. The van der Waals surface area contributed by atoms with E-state index in [9.17, 15) is 9.59 Å². The molecule has 2 heterocycles. The van der Waals surface area contributed by atoms with Crippen molar-refractivity contribution < 1.29 is 9.53 Å². The average molecular weight is 356 g/mol. The molecule has 138 valence electrons. The molecule has 1 amide bonds. The van der Waals surface area contributed by atoms with Gasteiger partial charge in [-0.1, -0.05) is 12.1 Å². The molecule has 1 fully saturated rings. The number of methoxy groups -OCH3 is 1. The van der Waals surface area contributed by atoms with E-state index in [1.807, 2.05) is 24.0 Å². The van der Waals surface area contributed by atoms with E-state index in [0.717, 1.165) is 24.8 Å². The third-order valence-corrected chi connectivity index (χ3v) is 5.64. The molecule has 1 N–H and O–H groups in total. The van der Waals surface area contributed by atoms with E-state index in [1.54, 1.807) is 11.7 Å². The number of H-pyrrole nitrogens is 1. The van der Waals surface area contributed by atoms with Crippen LogP contribution in [-0.4, -0.2) is 45.3 Å². The Kier molecular flexibility index (Phi) is 4.40. The van der Waals surface area contributed by atoms with E-state index < -0.39 is 0 Å². The van der Waals surface area contributed by atoms with Crippen LogP contribution in [0.25, 0.3) is 0 Å². The van der Waals surface area contributed by atoms with E-state index in [-0.39, 0.29) is 23.7 Å². The minimum Gasteiger partial charge on any atom is -0.380 e. The first-order chi connectivity index (χ1) is 12.6. The van der Waals surface area contributed by atoms with Crippen LogP contribution in [0.15, 0.2) is 23.0 Å². The molecule has 1 saturated heterocycles. The first-order valence-corrected chi connectivity index (χ1v) is 9.23. The molecule has 0 radical (unpaired) electrons. The maximum Gasteiger partial charge on any atom is 0.343 e. The van der Waals surface area contributed by atoms with Crippen molar-refractivity contribution >= 4 is 5.91 Å². The summed E-state index contributed by atoms with van der Waals surface area (Å²) in [5.41, 5.74) is 2.99. The number of hydrogen-bond acceptors (Lipinski definition) is 4. The Morgan fingerprint density at radius 2 is 2.23 bits per heavy atom. The summed E-state index contributed by atoms with van der Waals surface area (Å²) in [6.45, 7) is 2.93. The van der Waals surface area contributed by atoms with Gasteiger partial charge in [0.2, 0.25) is 0 Å². The number of aryl methyl sites for hydroxylation is 1. The third-order valence-electron chi connectivity index (χ3n) is 5.64. The molecular weight excluding hydrogens is 332 g/mol. The van der Waals surface area contributed by atoms with Crippen molar-refractivity contribution in [2.45, 2.75) is 51.3 Å². The Morgan fingerprint density at radius 3 is 3.00 bits per heavy atom. The minimum absolute atomic E-state index is 0.00593. The molecule has 0 bridgehead atoms. The number of carbonyl (C=O) groups is 1. The summed E-state index contributed by atoms with van der Waals surface area (Å²) >= 11 is 0. The highest BCUT2D eigenvalue weighted by atomic mass is 16.5. The number of aromatic nitrogens is 3. The lowest BCUT2D eigenvalue weighted by Gasteiger charge is -2.25. The van der Waals surface area contributed by atoms with Crippen molar-refractivity contribution in [2.75, 3.05) is 13.7 Å². The monoisotopic (exact) mass is 356 g/mol. The van der Waals surface area contributed by atoms with Gasteiger partial charge in [-0.25, -0.2) is 9.89 Å². The lowest BCUT2D eigenvalue weighted by atomic mass is 10.0. The number of carbonyl (C=O) groups excluding carboxylic acids is 1. The summed E-state index contributed by atoms with van der Waals surface area (Å²) in [6, 6.07) is 5.73. The molecule has 26 heavy (non-hydrogen) atoms. The SMILES string of the molecule is CCn1c([C@@H]2C[C@H](OC)CN2C(=O)c2cccc3c2CCC3)n[nH]c1=O. The van der Waals surface area contributed by atoms with Crippen LogP contribution in [0.5, 0.6) is 0 Å². The van der Waals surface area contributed by atoms with Crippen molar-refractivity contribution in [3.63, 3.8) is 0 Å². The first-order valence-electron chi connectivity index (χ1n) is 9.23. The fourth-order valence-electron chi connectivity index (χ4n) is 4.30. The number of benzene rings is 1. The minimum atomic E-state index is -0.261. The van der Waals surface area contributed by atoms with Gasteiger partial charge in [0.15, 0.2) is 5.82 Å². The highest BCUT2D eigenvalue weighted by molar-refractivity contribution is 5.96. The Hall–Kier alpha value is -2.41. The topological polar surface area (TPSA) is 80.2 Å². The van der Waals surface area contributed by atoms with Gasteiger partial charge >= 0.3 is 5.69 Å². The van der Waals surface area contributed by atoms with Gasteiger partial charge in [-0.3, -0.25) is 9.36 Å². The second kappa shape index (κ2) is 6.72. The molecule has 2 atom stereocenters. The van der Waals surface area contributed by atoms with Gasteiger partial charge in [0.1, 0.15) is 0 Å². The van der Waals surface area contributed by atoms with Crippen LogP contribution < -0.4 is 5.69 Å². The summed E-state index contributed by atoms with van der Waals surface area (Å²) in [7, 11) is 1.66. The molecule has 1 aliphatic heterocycles. The number of nitrogens with one attached hydrogen (secondary N) is 1. The van der Waals surface area contributed by atoms with Gasteiger partial charge in [0, 0.05) is 32.2 Å². The zero-order chi connectivity index (χ0) is 18.3. The van der Waals surface area contributed by atoms with Crippen molar-refractivity contribution in [3.8, 4) is 0 Å². The second-order valence-corrected chi connectivity index (χ2v) is 6.99. The van der Waals surface area contributed by atoms with E-state index in [2.05, 4.69) is 16.3 Å². The van der Waals surface area contributed by atoms with Crippen molar-refractivity contribution in [1.29, 1.82) is 0 Å². The summed E-state index contributed by atoms with van der Waals surface area (Å²) < 4.78 is 7.13. The largest absolute Gasteiger partial charge is 0.380 e. The van der Waals surface area contributed by atoms with Gasteiger partial charge in [0.05, 0.1) is 12.1 Å². The zero-order valence-electron chi connectivity index (χ0n) is 15.2. The van der Waals surface area contributed by atoms with Crippen LogP contribution in [0.2, 0.25) is 0 Å². The molecule has 1 aromatic heterocycles. The van der Waals surface area contributed by atoms with Crippen molar-refractivity contribution in [2.24, 2.45) is 0 Å². The maximum absolute atomic E-state index is 13.4. The van der Waals surface area contributed by atoms with Gasteiger partial charge in [0.25, 0.3) is 5.91 Å². The molecule has 2 aromatic rings. The number of rotatable bonds is 4. The molecular formula is C19H24N4O3. The number of fused-ring (bicyclic) bond motifs is 1. The summed E-state index contributed by atoms with van der Waals surface area (Å²) in [5.74, 6) is 0.615. The van der Waals surface area contributed by atoms with Crippen molar-refractivity contribution in [1.82, 2.24) is 19.7 Å². The van der Waals surface area contributed by atoms with Crippen LogP contribution >= 0.6 is 0 Å². The fraction of sp³-hybridized carbons (Fsp3) is 0.526. The Labute approximate surface area is 152 Å². The number of likely N-dealkylation sites (tertiary alicyclic amines) is 1. The molecule has 1 aliphatic carbocycles.